The molecule has 0 unspecified atom stereocenters. The lowest BCUT2D eigenvalue weighted by Crippen LogP contribution is -2.38. The molecule has 5 heteroatoms. The second kappa shape index (κ2) is 13.8. The zero-order valence-electron chi connectivity index (χ0n) is 23.5. The second-order valence-corrected chi connectivity index (χ2v) is 14.6. The Morgan fingerprint density at radius 2 is 0.974 bits per heavy atom. The largest absolute Gasteiger partial charge is 0.249 e. The Hall–Kier alpha value is -2.38. The van der Waals surface area contributed by atoms with Crippen molar-refractivity contribution >= 4 is 26.8 Å². The summed E-state index contributed by atoms with van der Waals surface area (Å²) in [5.74, 6) is 0.649. The molecule has 1 aliphatic heterocycles. The van der Waals surface area contributed by atoms with Crippen LogP contribution in [0.15, 0.2) is 121 Å². The smallest absolute Gasteiger partial charge is 0.0847 e. The number of nitrogens with zero attached hydrogens (tertiary/aromatic N) is 3. The Bertz CT molecular complexity index is 1160. The third kappa shape index (κ3) is 6.04. The number of hydrazine groups is 1. The van der Waals surface area contributed by atoms with Gasteiger partial charge in [0.1, 0.15) is 0 Å². The molecule has 1 aliphatic rings. The van der Waals surface area contributed by atoms with E-state index >= 15 is 0 Å². The van der Waals surface area contributed by atoms with E-state index < -0.39 is 16.1 Å². The van der Waals surface area contributed by atoms with Crippen LogP contribution in [0.2, 0.25) is 0 Å². The molecule has 4 aromatic rings. The first kappa shape index (κ1) is 28.2. The van der Waals surface area contributed by atoms with Crippen LogP contribution in [0.25, 0.3) is 0 Å². The van der Waals surface area contributed by atoms with Crippen LogP contribution < -0.4 is 10.6 Å². The summed E-state index contributed by atoms with van der Waals surface area (Å²) in [6.07, 6.45) is 2.38. The van der Waals surface area contributed by atoms with Gasteiger partial charge in [0.05, 0.1) is 11.6 Å². The summed E-state index contributed by atoms with van der Waals surface area (Å²) < 4.78 is 2.98. The fourth-order valence-corrected chi connectivity index (χ4v) is 13.1. The van der Waals surface area contributed by atoms with Gasteiger partial charge < -0.3 is 0 Å². The Morgan fingerprint density at radius 1 is 0.590 bits per heavy atom. The highest BCUT2D eigenvalue weighted by Crippen LogP contribution is 2.75. The minimum atomic E-state index is -0.710. The van der Waals surface area contributed by atoms with Gasteiger partial charge in [-0.2, -0.15) is 0 Å². The first-order chi connectivity index (χ1) is 19.3. The molecule has 0 N–H and O–H groups in total. The Kier molecular flexibility index (Phi) is 9.96. The summed E-state index contributed by atoms with van der Waals surface area (Å²) in [6.45, 7) is 10.1. The first-order valence-corrected chi connectivity index (χ1v) is 17.1. The van der Waals surface area contributed by atoms with Crippen molar-refractivity contribution < 1.29 is 0 Å². The van der Waals surface area contributed by atoms with Crippen molar-refractivity contribution in [3.63, 3.8) is 0 Å². The molecule has 39 heavy (non-hydrogen) atoms. The fraction of sp³-hybridized carbons (Fsp3) is 0.294. The number of unbranched alkanes of at least 4 members (excludes halogenated alkanes) is 1. The average Bonchev–Trinajstić information content (AvgIpc) is 3.35. The van der Waals surface area contributed by atoms with E-state index in [4.69, 9.17) is 0 Å². The van der Waals surface area contributed by atoms with Crippen molar-refractivity contribution in [1.82, 2.24) is 14.5 Å². The SMILES string of the molecule is CCCCN(P(c1ccccc1)c1ccccc1)P1[C@H](c2ccccc2)N(CC)N(CC)[C@H]1c1ccccc1. The fourth-order valence-electron chi connectivity index (χ4n) is 5.72. The predicted octanol–water partition coefficient (Wildman–Crippen LogP) is 8.50. The van der Waals surface area contributed by atoms with Gasteiger partial charge in [0.15, 0.2) is 0 Å². The van der Waals surface area contributed by atoms with E-state index in [0.717, 1.165) is 19.6 Å². The Balaban J connectivity index is 1.75. The number of benzene rings is 4. The maximum Gasteiger partial charge on any atom is 0.0847 e. The minimum absolute atomic E-state index is 0.325. The summed E-state index contributed by atoms with van der Waals surface area (Å²) >= 11 is 0. The molecule has 202 valence electrons. The van der Waals surface area contributed by atoms with Crippen molar-refractivity contribution in [2.45, 2.75) is 45.2 Å². The summed E-state index contributed by atoms with van der Waals surface area (Å²) in [6, 6.07) is 45.2. The van der Waals surface area contributed by atoms with Gasteiger partial charge >= 0.3 is 0 Å². The molecule has 2 atom stereocenters. The molecule has 0 aliphatic carbocycles. The van der Waals surface area contributed by atoms with Gasteiger partial charge in [0.25, 0.3) is 0 Å². The van der Waals surface area contributed by atoms with Crippen molar-refractivity contribution in [3.05, 3.63) is 132 Å². The van der Waals surface area contributed by atoms with E-state index in [0.29, 0.717) is 11.6 Å². The number of rotatable bonds is 11. The highest BCUT2D eigenvalue weighted by Gasteiger charge is 2.51. The van der Waals surface area contributed by atoms with Crippen LogP contribution in [-0.4, -0.2) is 34.1 Å². The van der Waals surface area contributed by atoms with E-state index in [1.807, 2.05) is 0 Å². The highest BCUT2D eigenvalue weighted by molar-refractivity contribution is 7.79. The Morgan fingerprint density at radius 3 is 1.33 bits per heavy atom. The number of hydrogen-bond donors (Lipinski definition) is 0. The van der Waals surface area contributed by atoms with Gasteiger partial charge in [0, 0.05) is 35.8 Å². The maximum absolute atomic E-state index is 2.98. The Labute approximate surface area is 238 Å². The van der Waals surface area contributed by atoms with Crippen molar-refractivity contribution in [2.75, 3.05) is 19.6 Å². The van der Waals surface area contributed by atoms with E-state index in [2.05, 4.69) is 157 Å². The molecule has 5 rings (SSSR count). The van der Waals surface area contributed by atoms with E-state index in [-0.39, 0.29) is 0 Å². The highest BCUT2D eigenvalue weighted by atomic mass is 31.2. The summed E-state index contributed by atoms with van der Waals surface area (Å²) in [5.41, 5.74) is 2.86. The van der Waals surface area contributed by atoms with Crippen LogP contribution in [0.3, 0.4) is 0 Å². The maximum atomic E-state index is 2.98. The van der Waals surface area contributed by atoms with Crippen molar-refractivity contribution in [1.29, 1.82) is 0 Å². The molecular formula is C34H41N3P2. The lowest BCUT2D eigenvalue weighted by Gasteiger charge is -2.42. The molecule has 0 saturated carbocycles. The third-order valence-corrected chi connectivity index (χ3v) is 13.7. The normalized spacial score (nSPS) is 18.8. The molecule has 1 fully saturated rings. The summed E-state index contributed by atoms with van der Waals surface area (Å²) in [4.78, 5) is 0. The summed E-state index contributed by atoms with van der Waals surface area (Å²) in [7, 11) is -1.37. The van der Waals surface area contributed by atoms with Gasteiger partial charge in [-0.1, -0.05) is 149 Å². The number of hydrogen-bond acceptors (Lipinski definition) is 3. The molecule has 0 radical (unpaired) electrons. The molecular weight excluding hydrogens is 512 g/mol. The topological polar surface area (TPSA) is 9.72 Å². The molecule has 4 aromatic carbocycles. The van der Waals surface area contributed by atoms with Gasteiger partial charge in [0.2, 0.25) is 0 Å². The quantitative estimate of drug-likeness (QED) is 0.172. The standard InChI is InChI=1S/C34H41N3P2/c1-4-7-28-37(38(31-24-16-10-17-25-31)32-26-18-11-19-27-32)39-33(29-20-12-8-13-21-29)35(5-2)36(6-3)34(39)30-22-14-9-15-23-30/h8-27,33-34H,4-7,28H2,1-3H3/t33-,34-/m1/s1. The van der Waals surface area contributed by atoms with Crippen molar-refractivity contribution in [2.24, 2.45) is 0 Å². The molecule has 1 saturated heterocycles. The van der Waals surface area contributed by atoms with Crippen LogP contribution in [0, 0.1) is 0 Å². The predicted molar refractivity (Wildman–Crippen MR) is 171 cm³/mol. The van der Waals surface area contributed by atoms with Crippen LogP contribution >= 0.6 is 16.1 Å². The van der Waals surface area contributed by atoms with Crippen LogP contribution in [0.4, 0.5) is 0 Å². The minimum Gasteiger partial charge on any atom is -0.249 e. The zero-order valence-corrected chi connectivity index (χ0v) is 25.3. The van der Waals surface area contributed by atoms with Gasteiger partial charge in [-0.3, -0.25) is 0 Å². The van der Waals surface area contributed by atoms with Crippen molar-refractivity contribution in [3.8, 4) is 0 Å². The molecule has 0 aromatic heterocycles. The third-order valence-electron chi connectivity index (χ3n) is 7.45. The van der Waals surface area contributed by atoms with E-state index in [9.17, 15) is 0 Å². The second-order valence-electron chi connectivity index (χ2n) is 9.89. The molecule has 3 nitrogen and oxygen atoms in total. The van der Waals surface area contributed by atoms with Crippen LogP contribution in [-0.2, 0) is 0 Å². The van der Waals surface area contributed by atoms with Crippen LogP contribution in [0.1, 0.15) is 56.3 Å². The first-order valence-electron chi connectivity index (χ1n) is 14.4. The lowest BCUT2D eigenvalue weighted by atomic mass is 10.2. The molecule has 0 spiro atoms. The lowest BCUT2D eigenvalue weighted by molar-refractivity contribution is -0.0191. The van der Waals surface area contributed by atoms with Crippen LogP contribution in [0.5, 0.6) is 0 Å². The molecule has 0 amide bonds. The average molecular weight is 554 g/mol. The molecule has 0 bridgehead atoms. The van der Waals surface area contributed by atoms with Gasteiger partial charge in [-0.05, 0) is 28.2 Å². The monoisotopic (exact) mass is 553 g/mol. The van der Waals surface area contributed by atoms with E-state index in [1.165, 1.54) is 34.6 Å². The zero-order chi connectivity index (χ0) is 27.0. The summed E-state index contributed by atoms with van der Waals surface area (Å²) in [5, 5.41) is 8.24. The van der Waals surface area contributed by atoms with Gasteiger partial charge in [-0.15, -0.1) is 0 Å². The van der Waals surface area contributed by atoms with Gasteiger partial charge in [-0.25, -0.2) is 14.5 Å². The van der Waals surface area contributed by atoms with E-state index in [1.54, 1.807) is 0 Å². The molecule has 1 heterocycles.